The van der Waals surface area contributed by atoms with Crippen LogP contribution in [0.3, 0.4) is 0 Å². The number of methoxy groups -OCH3 is 1. The van der Waals surface area contributed by atoms with Crippen LogP contribution >= 0.6 is 0 Å². The van der Waals surface area contributed by atoms with E-state index in [2.05, 4.69) is 0 Å². The largest absolute Gasteiger partial charge is 0.478 e. The van der Waals surface area contributed by atoms with Crippen LogP contribution in [-0.4, -0.2) is 50.1 Å². The molecule has 0 atom stereocenters. The molecule has 0 heterocycles. The monoisotopic (exact) mass is 316 g/mol. The maximum Gasteiger partial charge on any atom is 0.337 e. The van der Waals surface area contributed by atoms with Crippen LogP contribution < -0.4 is 5.73 Å². The van der Waals surface area contributed by atoms with E-state index in [1.54, 1.807) is 13.8 Å². The van der Waals surface area contributed by atoms with Gasteiger partial charge in [0.2, 0.25) is 10.0 Å². The van der Waals surface area contributed by atoms with Crippen molar-refractivity contribution in [1.29, 1.82) is 0 Å². The highest BCUT2D eigenvalue weighted by molar-refractivity contribution is 7.89. The highest BCUT2D eigenvalue weighted by Crippen LogP contribution is 2.24. The number of ether oxygens (including phenoxy) is 1. The van der Waals surface area contributed by atoms with E-state index in [4.69, 9.17) is 15.6 Å². The zero-order valence-electron chi connectivity index (χ0n) is 12.2. The van der Waals surface area contributed by atoms with Crippen molar-refractivity contribution in [3.05, 3.63) is 23.8 Å². The molecule has 3 N–H and O–H groups in total. The Bertz CT molecular complexity index is 613. The summed E-state index contributed by atoms with van der Waals surface area (Å²) in [6.07, 6.45) is 0. The Balaban J connectivity index is 3.40. The second kappa shape index (κ2) is 6.88. The van der Waals surface area contributed by atoms with Gasteiger partial charge < -0.3 is 15.6 Å². The minimum Gasteiger partial charge on any atom is -0.478 e. The first-order valence-electron chi connectivity index (χ1n) is 6.35. The summed E-state index contributed by atoms with van der Waals surface area (Å²) in [5.74, 6) is -1.32. The van der Waals surface area contributed by atoms with E-state index in [0.717, 1.165) is 0 Å². The quantitative estimate of drug-likeness (QED) is 0.727. The fourth-order valence-electron chi connectivity index (χ4n) is 1.89. The first-order chi connectivity index (χ1) is 9.71. The highest BCUT2D eigenvalue weighted by atomic mass is 32.2. The number of nitrogen functional groups attached to an aromatic ring is 1. The molecular weight excluding hydrogens is 296 g/mol. The van der Waals surface area contributed by atoms with Gasteiger partial charge in [0, 0.05) is 25.4 Å². The molecule has 0 aliphatic heterocycles. The molecule has 0 aromatic heterocycles. The molecule has 1 rings (SSSR count). The predicted octanol–water partition coefficient (Wildman–Crippen LogP) is 1.01. The molecule has 1 aromatic rings. The summed E-state index contributed by atoms with van der Waals surface area (Å²) >= 11 is 0. The van der Waals surface area contributed by atoms with Crippen LogP contribution in [-0.2, 0) is 14.8 Å². The Kier molecular flexibility index (Phi) is 5.70. The smallest absolute Gasteiger partial charge is 0.337 e. The van der Waals surface area contributed by atoms with E-state index in [0.29, 0.717) is 0 Å². The number of nitrogens with zero attached hydrogens (tertiary/aromatic N) is 1. The summed E-state index contributed by atoms with van der Waals surface area (Å²) in [5, 5.41) is 9.17. The van der Waals surface area contributed by atoms with Crippen molar-refractivity contribution in [3.63, 3.8) is 0 Å². The number of hydrogen-bond acceptors (Lipinski definition) is 5. The van der Waals surface area contributed by atoms with Crippen LogP contribution in [0.2, 0.25) is 0 Å². The van der Waals surface area contributed by atoms with Crippen LogP contribution in [0.5, 0.6) is 0 Å². The standard InChI is InChI=1S/C13H20N2O5S/c1-9(2)15(6-7-20-3)21(18,19)12-8-10(14)4-5-11(12)13(16)17/h4-5,8-9H,6-7,14H2,1-3H3,(H,16,17). The fourth-order valence-corrected chi connectivity index (χ4v) is 3.73. The normalized spacial score (nSPS) is 12.0. The van der Waals surface area contributed by atoms with E-state index in [9.17, 15) is 13.2 Å². The molecule has 8 heteroatoms. The molecule has 1 aromatic carbocycles. The third-order valence-corrected chi connectivity index (χ3v) is 5.03. The van der Waals surface area contributed by atoms with Gasteiger partial charge in [-0.25, -0.2) is 13.2 Å². The SMILES string of the molecule is COCCN(C(C)C)S(=O)(=O)c1cc(N)ccc1C(=O)O. The Labute approximate surface area is 124 Å². The van der Waals surface area contributed by atoms with Crippen molar-refractivity contribution < 1.29 is 23.1 Å². The molecule has 0 aliphatic carbocycles. The Morgan fingerprint density at radius 2 is 2.05 bits per heavy atom. The van der Waals surface area contributed by atoms with Crippen molar-refractivity contribution >= 4 is 21.7 Å². The van der Waals surface area contributed by atoms with Crippen molar-refractivity contribution in [2.24, 2.45) is 0 Å². The maximum atomic E-state index is 12.7. The van der Waals surface area contributed by atoms with Gasteiger partial charge in [0.25, 0.3) is 0 Å². The van der Waals surface area contributed by atoms with Crippen molar-refractivity contribution in [2.45, 2.75) is 24.8 Å². The molecule has 0 saturated carbocycles. The third kappa shape index (κ3) is 3.93. The van der Waals surface area contributed by atoms with Gasteiger partial charge >= 0.3 is 5.97 Å². The fraction of sp³-hybridized carbons (Fsp3) is 0.462. The van der Waals surface area contributed by atoms with Gasteiger partial charge in [-0.15, -0.1) is 0 Å². The van der Waals surface area contributed by atoms with Gasteiger partial charge in [0.1, 0.15) is 0 Å². The van der Waals surface area contributed by atoms with Crippen LogP contribution in [0.15, 0.2) is 23.1 Å². The molecule has 21 heavy (non-hydrogen) atoms. The minimum atomic E-state index is -3.98. The lowest BCUT2D eigenvalue weighted by Gasteiger charge is -2.26. The lowest BCUT2D eigenvalue weighted by Crippen LogP contribution is -2.39. The molecule has 0 aliphatic rings. The molecule has 0 saturated heterocycles. The van der Waals surface area contributed by atoms with E-state index in [-0.39, 0.29) is 35.3 Å². The second-order valence-corrected chi connectivity index (χ2v) is 6.62. The molecule has 0 unspecified atom stereocenters. The van der Waals surface area contributed by atoms with E-state index >= 15 is 0 Å². The summed E-state index contributed by atoms with van der Waals surface area (Å²) in [7, 11) is -2.51. The number of carbonyl (C=O) groups is 1. The number of carboxylic acids is 1. The number of anilines is 1. The molecule has 118 valence electrons. The predicted molar refractivity (Wildman–Crippen MR) is 78.7 cm³/mol. The van der Waals surface area contributed by atoms with Crippen LogP contribution in [0, 0.1) is 0 Å². The summed E-state index contributed by atoms with van der Waals surface area (Å²) in [4.78, 5) is 10.9. The van der Waals surface area contributed by atoms with Crippen LogP contribution in [0.4, 0.5) is 5.69 Å². The maximum absolute atomic E-state index is 12.7. The zero-order valence-corrected chi connectivity index (χ0v) is 13.1. The van der Waals surface area contributed by atoms with Gasteiger partial charge in [0.15, 0.2) is 0 Å². The lowest BCUT2D eigenvalue weighted by molar-refractivity contribution is 0.0692. The van der Waals surface area contributed by atoms with Gasteiger partial charge in [-0.3, -0.25) is 0 Å². The topological polar surface area (TPSA) is 110 Å². The second-order valence-electron chi connectivity index (χ2n) is 4.76. The Morgan fingerprint density at radius 1 is 1.43 bits per heavy atom. The number of aromatic carboxylic acids is 1. The van der Waals surface area contributed by atoms with E-state index in [1.807, 2.05) is 0 Å². The molecule has 7 nitrogen and oxygen atoms in total. The third-order valence-electron chi connectivity index (χ3n) is 2.91. The van der Waals surface area contributed by atoms with Gasteiger partial charge in [-0.05, 0) is 32.0 Å². The minimum absolute atomic E-state index is 0.129. The summed E-state index contributed by atoms with van der Waals surface area (Å²) < 4.78 is 31.5. The summed E-state index contributed by atoms with van der Waals surface area (Å²) in [5.41, 5.74) is 5.49. The van der Waals surface area contributed by atoms with Crippen molar-refractivity contribution in [2.75, 3.05) is 26.0 Å². The zero-order chi connectivity index (χ0) is 16.2. The average molecular weight is 316 g/mol. The van der Waals surface area contributed by atoms with E-state index in [1.165, 1.54) is 29.6 Å². The summed E-state index contributed by atoms with van der Waals surface area (Å²) in [6, 6.07) is 3.38. The molecular formula is C13H20N2O5S. The number of hydrogen-bond donors (Lipinski definition) is 2. The number of carboxylic acid groups (broad SMARTS) is 1. The summed E-state index contributed by atoms with van der Waals surface area (Å²) in [6.45, 7) is 3.76. The van der Waals surface area contributed by atoms with Gasteiger partial charge in [-0.2, -0.15) is 4.31 Å². The molecule has 0 bridgehead atoms. The number of benzene rings is 1. The van der Waals surface area contributed by atoms with E-state index < -0.39 is 16.0 Å². The van der Waals surface area contributed by atoms with Crippen molar-refractivity contribution in [1.82, 2.24) is 4.31 Å². The molecule has 0 fully saturated rings. The molecule has 0 radical (unpaired) electrons. The first-order valence-corrected chi connectivity index (χ1v) is 7.79. The van der Waals surface area contributed by atoms with Crippen molar-refractivity contribution in [3.8, 4) is 0 Å². The lowest BCUT2D eigenvalue weighted by atomic mass is 10.2. The van der Waals surface area contributed by atoms with Crippen LogP contribution in [0.25, 0.3) is 0 Å². The Morgan fingerprint density at radius 3 is 2.52 bits per heavy atom. The average Bonchev–Trinajstić information content (AvgIpc) is 2.38. The number of sulfonamides is 1. The first kappa shape index (κ1) is 17.4. The Hall–Kier alpha value is -1.64. The van der Waals surface area contributed by atoms with Crippen LogP contribution in [0.1, 0.15) is 24.2 Å². The number of nitrogens with two attached hydrogens (primary N) is 1. The molecule has 0 amide bonds. The van der Waals surface area contributed by atoms with Gasteiger partial charge in [-0.1, -0.05) is 0 Å². The van der Waals surface area contributed by atoms with Gasteiger partial charge in [0.05, 0.1) is 17.1 Å². The molecule has 0 spiro atoms. The highest BCUT2D eigenvalue weighted by Gasteiger charge is 2.30. The number of rotatable bonds is 7.